The van der Waals surface area contributed by atoms with Crippen LogP contribution in [-0.4, -0.2) is 50.2 Å². The Balaban J connectivity index is 1.72. The molecule has 0 unspecified atom stereocenters. The van der Waals surface area contributed by atoms with E-state index in [4.69, 9.17) is 21.7 Å². The Kier molecular flexibility index (Phi) is 4.30. The van der Waals surface area contributed by atoms with Crippen LogP contribution in [0.1, 0.15) is 6.42 Å². The van der Waals surface area contributed by atoms with Crippen LogP contribution < -0.4 is 5.32 Å². The Labute approximate surface area is 154 Å². The Bertz CT molecular complexity index is 981. The molecule has 4 heterocycles. The number of rotatable bonds is 3. The highest BCUT2D eigenvalue weighted by atomic mass is 35.5. The van der Waals surface area contributed by atoms with Gasteiger partial charge in [-0.25, -0.2) is 14.8 Å². The van der Waals surface area contributed by atoms with E-state index in [-0.39, 0.29) is 6.04 Å². The summed E-state index contributed by atoms with van der Waals surface area (Å²) in [5.74, 6) is 0.713. The van der Waals surface area contributed by atoms with Crippen LogP contribution >= 0.6 is 11.6 Å². The predicted octanol–water partition coefficient (Wildman–Crippen LogP) is 3.51. The molecule has 0 aromatic carbocycles. The fourth-order valence-corrected chi connectivity index (χ4v) is 3.34. The van der Waals surface area contributed by atoms with Crippen molar-refractivity contribution in [1.82, 2.24) is 19.9 Å². The summed E-state index contributed by atoms with van der Waals surface area (Å²) < 4.78 is 0. The third-order valence-corrected chi connectivity index (χ3v) is 4.66. The standard InChI is InChI=1S/C18H16ClN5O2/c19-16-8-11(1-5-21-16)15-7-12-9-20-4-2-14(12)17(23-15)22-13-3-6-24(10-13)18(25)26/h1-2,4-5,7-9,13H,3,6,10H2,(H,22,23)(H,25,26)/t13-/m0/s1. The second kappa shape index (κ2) is 6.76. The molecule has 2 N–H and O–H groups in total. The normalized spacial score (nSPS) is 16.8. The molecule has 0 bridgehead atoms. The van der Waals surface area contributed by atoms with Gasteiger partial charge < -0.3 is 15.3 Å². The lowest BCUT2D eigenvalue weighted by Crippen LogP contribution is -2.30. The molecule has 0 radical (unpaired) electrons. The highest BCUT2D eigenvalue weighted by Crippen LogP contribution is 2.29. The van der Waals surface area contributed by atoms with Crippen LogP contribution in [0.4, 0.5) is 10.6 Å². The van der Waals surface area contributed by atoms with Crippen molar-refractivity contribution in [2.45, 2.75) is 12.5 Å². The molecule has 26 heavy (non-hydrogen) atoms. The maximum absolute atomic E-state index is 11.1. The lowest BCUT2D eigenvalue weighted by Gasteiger charge is -2.17. The van der Waals surface area contributed by atoms with Gasteiger partial charge >= 0.3 is 6.09 Å². The van der Waals surface area contributed by atoms with Gasteiger partial charge in [0.05, 0.1) is 5.69 Å². The van der Waals surface area contributed by atoms with Gasteiger partial charge in [0.15, 0.2) is 0 Å². The van der Waals surface area contributed by atoms with Gasteiger partial charge in [0.1, 0.15) is 11.0 Å². The number of aromatic nitrogens is 3. The molecule has 8 heteroatoms. The van der Waals surface area contributed by atoms with Gasteiger partial charge in [0, 0.05) is 54.1 Å². The topological polar surface area (TPSA) is 91.2 Å². The second-order valence-electron chi connectivity index (χ2n) is 6.18. The van der Waals surface area contributed by atoms with Crippen LogP contribution in [0.2, 0.25) is 5.15 Å². The summed E-state index contributed by atoms with van der Waals surface area (Å²) in [4.78, 5) is 25.5. The van der Waals surface area contributed by atoms with Crippen LogP contribution in [0.3, 0.4) is 0 Å². The van der Waals surface area contributed by atoms with E-state index in [0.717, 1.165) is 28.5 Å². The Morgan fingerprint density at radius 2 is 2.19 bits per heavy atom. The molecule has 4 rings (SSSR count). The van der Waals surface area contributed by atoms with E-state index in [1.807, 2.05) is 18.2 Å². The van der Waals surface area contributed by atoms with E-state index >= 15 is 0 Å². The van der Waals surface area contributed by atoms with Crippen molar-refractivity contribution in [3.05, 3.63) is 48.0 Å². The smallest absolute Gasteiger partial charge is 0.407 e. The lowest BCUT2D eigenvalue weighted by molar-refractivity contribution is 0.155. The van der Waals surface area contributed by atoms with Crippen molar-refractivity contribution in [2.75, 3.05) is 18.4 Å². The van der Waals surface area contributed by atoms with Crippen LogP contribution in [-0.2, 0) is 0 Å². The molecule has 7 nitrogen and oxygen atoms in total. The van der Waals surface area contributed by atoms with Gasteiger partial charge in [-0.05, 0) is 30.7 Å². The molecule has 0 saturated carbocycles. The molecular weight excluding hydrogens is 354 g/mol. The van der Waals surface area contributed by atoms with Crippen LogP contribution in [0.25, 0.3) is 22.0 Å². The number of carbonyl (C=O) groups is 1. The fourth-order valence-electron chi connectivity index (χ4n) is 3.16. The van der Waals surface area contributed by atoms with Crippen molar-refractivity contribution in [2.24, 2.45) is 0 Å². The van der Waals surface area contributed by atoms with Crippen LogP contribution in [0.5, 0.6) is 0 Å². The number of hydrogen-bond donors (Lipinski definition) is 2. The van der Waals surface area contributed by atoms with Crippen molar-refractivity contribution in [3.8, 4) is 11.3 Å². The minimum absolute atomic E-state index is 0.0197. The first-order valence-corrected chi connectivity index (χ1v) is 8.59. The number of hydrogen-bond acceptors (Lipinski definition) is 5. The van der Waals surface area contributed by atoms with E-state index in [1.54, 1.807) is 24.7 Å². The summed E-state index contributed by atoms with van der Waals surface area (Å²) in [6, 6.07) is 7.49. The molecule has 0 spiro atoms. The number of fused-ring (bicyclic) bond motifs is 1. The van der Waals surface area contributed by atoms with Gasteiger partial charge in [0.25, 0.3) is 0 Å². The zero-order valence-electron chi connectivity index (χ0n) is 13.8. The first kappa shape index (κ1) is 16.5. The molecule has 1 amide bonds. The quantitative estimate of drug-likeness (QED) is 0.686. The number of pyridine rings is 3. The number of amides is 1. The fraction of sp³-hybridized carbons (Fsp3) is 0.222. The molecule has 1 saturated heterocycles. The van der Waals surface area contributed by atoms with Gasteiger partial charge in [0.2, 0.25) is 0 Å². The molecule has 1 aliphatic heterocycles. The Morgan fingerprint density at radius 1 is 1.31 bits per heavy atom. The van der Waals surface area contributed by atoms with Crippen molar-refractivity contribution in [1.29, 1.82) is 0 Å². The lowest BCUT2D eigenvalue weighted by atomic mass is 10.1. The summed E-state index contributed by atoms with van der Waals surface area (Å²) in [6.45, 7) is 0.959. The van der Waals surface area contributed by atoms with Gasteiger partial charge in [-0.1, -0.05) is 11.6 Å². The molecule has 0 aliphatic carbocycles. The summed E-state index contributed by atoms with van der Waals surface area (Å²) in [5.41, 5.74) is 1.61. The van der Waals surface area contributed by atoms with Gasteiger partial charge in [-0.2, -0.15) is 0 Å². The Morgan fingerprint density at radius 3 is 2.96 bits per heavy atom. The first-order chi connectivity index (χ1) is 12.6. The van der Waals surface area contributed by atoms with E-state index < -0.39 is 6.09 Å². The third kappa shape index (κ3) is 3.25. The Hall–Kier alpha value is -2.93. The summed E-state index contributed by atoms with van der Waals surface area (Å²) >= 11 is 6.01. The minimum Gasteiger partial charge on any atom is -0.465 e. The van der Waals surface area contributed by atoms with E-state index in [9.17, 15) is 4.79 Å². The number of nitrogens with zero attached hydrogens (tertiary/aromatic N) is 4. The largest absolute Gasteiger partial charge is 0.465 e. The highest BCUT2D eigenvalue weighted by molar-refractivity contribution is 6.29. The average molecular weight is 370 g/mol. The number of halogens is 1. The van der Waals surface area contributed by atoms with E-state index in [0.29, 0.717) is 24.1 Å². The van der Waals surface area contributed by atoms with E-state index in [1.165, 1.54) is 4.90 Å². The molecule has 3 aromatic heterocycles. The molecule has 1 aliphatic rings. The number of nitrogens with one attached hydrogen (secondary N) is 1. The molecule has 1 fully saturated rings. The predicted molar refractivity (Wildman–Crippen MR) is 99.4 cm³/mol. The zero-order chi connectivity index (χ0) is 18.1. The van der Waals surface area contributed by atoms with Gasteiger partial charge in [-0.3, -0.25) is 4.98 Å². The van der Waals surface area contributed by atoms with E-state index in [2.05, 4.69) is 15.3 Å². The molecule has 132 valence electrons. The van der Waals surface area contributed by atoms with Crippen molar-refractivity contribution >= 4 is 34.3 Å². The average Bonchev–Trinajstić information content (AvgIpc) is 3.10. The first-order valence-electron chi connectivity index (χ1n) is 8.21. The monoisotopic (exact) mass is 369 g/mol. The molecular formula is C18H16ClN5O2. The SMILES string of the molecule is O=C(O)N1CC[C@H](Nc2nc(-c3ccnc(Cl)c3)cc3cnccc23)C1. The number of carboxylic acid groups (broad SMARTS) is 1. The van der Waals surface area contributed by atoms with Crippen LogP contribution in [0, 0.1) is 0 Å². The third-order valence-electron chi connectivity index (χ3n) is 4.45. The van der Waals surface area contributed by atoms with Crippen molar-refractivity contribution in [3.63, 3.8) is 0 Å². The molecule has 1 atom stereocenters. The molecule has 3 aromatic rings. The highest BCUT2D eigenvalue weighted by Gasteiger charge is 2.26. The zero-order valence-corrected chi connectivity index (χ0v) is 14.5. The van der Waals surface area contributed by atoms with Gasteiger partial charge in [-0.15, -0.1) is 0 Å². The second-order valence-corrected chi connectivity index (χ2v) is 6.57. The summed E-state index contributed by atoms with van der Waals surface area (Å²) in [7, 11) is 0. The number of anilines is 1. The maximum atomic E-state index is 11.1. The minimum atomic E-state index is -0.892. The van der Waals surface area contributed by atoms with Crippen LogP contribution in [0.15, 0.2) is 42.9 Å². The maximum Gasteiger partial charge on any atom is 0.407 e. The number of likely N-dealkylation sites (tertiary alicyclic amines) is 1. The summed E-state index contributed by atoms with van der Waals surface area (Å²) in [6.07, 6.45) is 4.99. The van der Waals surface area contributed by atoms with Crippen molar-refractivity contribution < 1.29 is 9.90 Å². The summed E-state index contributed by atoms with van der Waals surface area (Å²) in [5, 5.41) is 14.8.